The van der Waals surface area contributed by atoms with E-state index in [4.69, 9.17) is 0 Å². The van der Waals surface area contributed by atoms with E-state index in [-0.39, 0.29) is 10.6 Å². The van der Waals surface area contributed by atoms with Crippen LogP contribution in [-0.2, 0) is 6.54 Å². The third-order valence-corrected chi connectivity index (χ3v) is 5.95. The minimum absolute atomic E-state index is 0.0242. The molecule has 0 amide bonds. The van der Waals surface area contributed by atoms with Gasteiger partial charge in [-0.05, 0) is 5.56 Å². The van der Waals surface area contributed by atoms with E-state index in [2.05, 4.69) is 50.6 Å². The Labute approximate surface area is 182 Å². The molecule has 0 N–H and O–H groups in total. The third kappa shape index (κ3) is 5.00. The van der Waals surface area contributed by atoms with Crippen LogP contribution in [0.2, 0.25) is 0 Å². The van der Waals surface area contributed by atoms with Crippen LogP contribution in [0.4, 0.5) is 17.3 Å². The van der Waals surface area contributed by atoms with E-state index in [1.807, 2.05) is 21.9 Å². The van der Waals surface area contributed by atoms with Crippen molar-refractivity contribution >= 4 is 17.3 Å². The summed E-state index contributed by atoms with van der Waals surface area (Å²) in [5, 5.41) is 12.0. The van der Waals surface area contributed by atoms with Crippen molar-refractivity contribution in [3.05, 3.63) is 65.0 Å². The van der Waals surface area contributed by atoms with Gasteiger partial charge in [0.15, 0.2) is 0 Å². The van der Waals surface area contributed by atoms with Crippen molar-refractivity contribution in [3.63, 3.8) is 0 Å². The van der Waals surface area contributed by atoms with Gasteiger partial charge in [-0.25, -0.2) is 9.97 Å². The van der Waals surface area contributed by atoms with Crippen LogP contribution in [0.1, 0.15) is 5.56 Å². The molecular formula is C22H29N7O2. The first-order valence-electron chi connectivity index (χ1n) is 10.7. The molecule has 3 heterocycles. The topological polar surface area (TPSA) is 81.9 Å². The van der Waals surface area contributed by atoms with Gasteiger partial charge in [-0.15, -0.1) is 6.58 Å². The number of anilines is 2. The molecule has 4 rings (SSSR count). The van der Waals surface area contributed by atoms with Crippen molar-refractivity contribution in [1.29, 1.82) is 0 Å². The molecule has 164 valence electrons. The Morgan fingerprint density at radius 2 is 1.45 bits per heavy atom. The number of nitro groups is 1. The molecular weight excluding hydrogens is 394 g/mol. The summed E-state index contributed by atoms with van der Waals surface area (Å²) in [7, 11) is 0. The lowest BCUT2D eigenvalue weighted by Crippen LogP contribution is -2.48. The monoisotopic (exact) mass is 423 g/mol. The Morgan fingerprint density at radius 3 is 1.97 bits per heavy atom. The van der Waals surface area contributed by atoms with E-state index < -0.39 is 0 Å². The van der Waals surface area contributed by atoms with Crippen molar-refractivity contribution in [1.82, 2.24) is 19.8 Å². The first kappa shape index (κ1) is 21.2. The molecule has 9 heteroatoms. The van der Waals surface area contributed by atoms with Crippen LogP contribution in [0, 0.1) is 10.1 Å². The van der Waals surface area contributed by atoms with Crippen LogP contribution < -0.4 is 9.80 Å². The highest BCUT2D eigenvalue weighted by Crippen LogP contribution is 2.35. The number of nitrogens with zero attached hydrogens (tertiary/aromatic N) is 7. The lowest BCUT2D eigenvalue weighted by molar-refractivity contribution is -0.383. The fourth-order valence-electron chi connectivity index (χ4n) is 4.27. The van der Waals surface area contributed by atoms with Gasteiger partial charge in [0, 0.05) is 65.4 Å². The minimum Gasteiger partial charge on any atom is -0.348 e. The highest BCUT2D eigenvalue weighted by atomic mass is 16.6. The second-order valence-electron chi connectivity index (χ2n) is 7.95. The Kier molecular flexibility index (Phi) is 6.73. The predicted molar refractivity (Wildman–Crippen MR) is 121 cm³/mol. The molecule has 0 aliphatic carbocycles. The standard InChI is InChI=1S/C22H29N7O2/c1-2-8-25-9-13-27(14-10-25)21-20(29(30)31)22(24-18-23-21)28-15-11-26(12-16-28)17-19-6-4-3-5-7-19/h2-7,18H,1,8-17H2. The Bertz CT molecular complexity index is 892. The summed E-state index contributed by atoms with van der Waals surface area (Å²) in [6, 6.07) is 10.4. The zero-order chi connectivity index (χ0) is 21.6. The summed E-state index contributed by atoms with van der Waals surface area (Å²) in [5.41, 5.74) is 1.30. The molecule has 2 aromatic rings. The minimum atomic E-state index is -0.322. The molecule has 2 aliphatic rings. The van der Waals surface area contributed by atoms with Gasteiger partial charge in [-0.2, -0.15) is 0 Å². The van der Waals surface area contributed by atoms with Crippen LogP contribution >= 0.6 is 0 Å². The largest absolute Gasteiger partial charge is 0.353 e. The quantitative estimate of drug-likeness (QED) is 0.380. The second kappa shape index (κ2) is 9.84. The number of rotatable bonds is 7. The fourth-order valence-corrected chi connectivity index (χ4v) is 4.27. The molecule has 2 fully saturated rings. The van der Waals surface area contributed by atoms with Gasteiger partial charge in [-0.1, -0.05) is 36.4 Å². The molecule has 2 saturated heterocycles. The van der Waals surface area contributed by atoms with E-state index in [1.54, 1.807) is 0 Å². The third-order valence-electron chi connectivity index (χ3n) is 5.95. The zero-order valence-corrected chi connectivity index (χ0v) is 17.8. The lowest BCUT2D eigenvalue weighted by atomic mass is 10.2. The van der Waals surface area contributed by atoms with Gasteiger partial charge in [0.25, 0.3) is 0 Å². The maximum Gasteiger partial charge on any atom is 0.353 e. The van der Waals surface area contributed by atoms with E-state index >= 15 is 0 Å². The fraction of sp³-hybridized carbons (Fsp3) is 0.455. The van der Waals surface area contributed by atoms with E-state index in [0.29, 0.717) is 37.8 Å². The average molecular weight is 424 g/mol. The Balaban J connectivity index is 1.46. The van der Waals surface area contributed by atoms with Crippen LogP contribution in [0.3, 0.4) is 0 Å². The second-order valence-corrected chi connectivity index (χ2v) is 7.95. The molecule has 9 nitrogen and oxygen atoms in total. The summed E-state index contributed by atoms with van der Waals surface area (Å²) in [6.45, 7) is 11.7. The van der Waals surface area contributed by atoms with Crippen molar-refractivity contribution < 1.29 is 4.92 Å². The van der Waals surface area contributed by atoms with Gasteiger partial charge in [0.2, 0.25) is 11.6 Å². The zero-order valence-electron chi connectivity index (χ0n) is 17.8. The van der Waals surface area contributed by atoms with Gasteiger partial charge in [0.05, 0.1) is 4.92 Å². The summed E-state index contributed by atoms with van der Waals surface area (Å²) in [6.07, 6.45) is 3.35. The lowest BCUT2D eigenvalue weighted by Gasteiger charge is -2.36. The molecule has 0 spiro atoms. The first-order chi connectivity index (χ1) is 15.2. The number of hydrogen-bond acceptors (Lipinski definition) is 8. The van der Waals surface area contributed by atoms with Crippen molar-refractivity contribution in [2.45, 2.75) is 6.54 Å². The summed E-state index contributed by atoms with van der Waals surface area (Å²) >= 11 is 0. The molecule has 2 aliphatic heterocycles. The van der Waals surface area contributed by atoms with Crippen molar-refractivity contribution in [2.24, 2.45) is 0 Å². The number of aromatic nitrogens is 2. The normalized spacial score (nSPS) is 18.2. The number of hydrogen-bond donors (Lipinski definition) is 0. The van der Waals surface area contributed by atoms with E-state index in [1.165, 1.54) is 11.9 Å². The molecule has 0 atom stereocenters. The maximum atomic E-state index is 12.0. The number of benzene rings is 1. The van der Waals surface area contributed by atoms with Gasteiger partial charge >= 0.3 is 5.69 Å². The van der Waals surface area contributed by atoms with E-state index in [9.17, 15) is 10.1 Å². The van der Waals surface area contributed by atoms with Gasteiger partial charge in [-0.3, -0.25) is 19.9 Å². The number of piperazine rings is 2. The molecule has 0 saturated carbocycles. The van der Waals surface area contributed by atoms with Gasteiger partial charge in [0.1, 0.15) is 6.33 Å². The SMILES string of the molecule is C=CCN1CCN(c2ncnc(N3CCN(Cc4ccccc4)CC3)c2[N+](=O)[O-])CC1. The smallest absolute Gasteiger partial charge is 0.348 e. The summed E-state index contributed by atoms with van der Waals surface area (Å²) < 4.78 is 0. The molecule has 0 bridgehead atoms. The summed E-state index contributed by atoms with van der Waals surface area (Å²) in [5.74, 6) is 0.864. The summed E-state index contributed by atoms with van der Waals surface area (Å²) in [4.78, 5) is 29.1. The Morgan fingerprint density at radius 1 is 0.903 bits per heavy atom. The first-order valence-corrected chi connectivity index (χ1v) is 10.7. The van der Waals surface area contributed by atoms with Crippen LogP contribution in [0.15, 0.2) is 49.3 Å². The molecule has 1 aromatic heterocycles. The molecule has 0 radical (unpaired) electrons. The Hall–Kier alpha value is -3.04. The average Bonchev–Trinajstić information content (AvgIpc) is 2.80. The van der Waals surface area contributed by atoms with Crippen LogP contribution in [-0.4, -0.2) is 83.6 Å². The van der Waals surface area contributed by atoms with Crippen molar-refractivity contribution in [2.75, 3.05) is 68.7 Å². The predicted octanol–water partition coefficient (Wildman–Crippen LogP) is 2.01. The highest BCUT2D eigenvalue weighted by molar-refractivity contribution is 5.71. The molecule has 31 heavy (non-hydrogen) atoms. The molecule has 0 unspecified atom stereocenters. The van der Waals surface area contributed by atoms with Crippen molar-refractivity contribution in [3.8, 4) is 0 Å². The van der Waals surface area contributed by atoms with E-state index in [0.717, 1.165) is 39.3 Å². The van der Waals surface area contributed by atoms with Gasteiger partial charge < -0.3 is 9.80 Å². The van der Waals surface area contributed by atoms with Crippen LogP contribution in [0.25, 0.3) is 0 Å². The highest BCUT2D eigenvalue weighted by Gasteiger charge is 2.32. The maximum absolute atomic E-state index is 12.0. The van der Waals surface area contributed by atoms with Crippen LogP contribution in [0.5, 0.6) is 0 Å². The molecule has 1 aromatic carbocycles.